The Morgan fingerprint density at radius 3 is 2.30 bits per heavy atom. The molecule has 1 aromatic carbocycles. The molecular weight excluding hydrogens is 252 g/mol. The van der Waals surface area contributed by atoms with Gasteiger partial charge in [-0.3, -0.25) is 4.98 Å². The second-order valence-electron chi connectivity index (χ2n) is 4.11. The van der Waals surface area contributed by atoms with E-state index in [1.807, 2.05) is 42.5 Å². The number of hydrogen-bond acceptors (Lipinski definition) is 5. The summed E-state index contributed by atoms with van der Waals surface area (Å²) in [5, 5.41) is 8.30. The maximum absolute atomic E-state index is 5.12. The zero-order valence-corrected chi connectivity index (χ0v) is 10.9. The normalized spacial score (nSPS) is 10.2. The highest BCUT2D eigenvalue weighted by atomic mass is 16.5. The molecule has 0 amide bonds. The summed E-state index contributed by atoms with van der Waals surface area (Å²) < 4.78 is 5.12. The summed E-state index contributed by atoms with van der Waals surface area (Å²) in [6.45, 7) is 0. The van der Waals surface area contributed by atoms with E-state index in [0.717, 1.165) is 11.3 Å². The molecule has 0 unspecified atom stereocenters. The molecule has 3 aromatic rings. The van der Waals surface area contributed by atoms with Gasteiger partial charge in [0.2, 0.25) is 0 Å². The van der Waals surface area contributed by atoms with Crippen LogP contribution in [-0.2, 0) is 0 Å². The third-order valence-corrected chi connectivity index (χ3v) is 2.84. The summed E-state index contributed by atoms with van der Waals surface area (Å²) in [4.78, 5) is 8.49. The largest absolute Gasteiger partial charge is 0.497 e. The minimum absolute atomic E-state index is 0.517. The Labute approximate surface area is 116 Å². The lowest BCUT2D eigenvalue weighted by Crippen LogP contribution is -1.96. The second kappa shape index (κ2) is 5.44. The van der Waals surface area contributed by atoms with Crippen molar-refractivity contribution in [2.45, 2.75) is 0 Å². The Morgan fingerprint density at radius 2 is 1.70 bits per heavy atom. The summed E-state index contributed by atoms with van der Waals surface area (Å²) in [6, 6.07) is 13.2. The molecule has 0 spiro atoms. The van der Waals surface area contributed by atoms with E-state index >= 15 is 0 Å². The molecule has 2 aromatic heterocycles. The smallest absolute Gasteiger partial charge is 0.200 e. The minimum atomic E-state index is 0.517. The Kier molecular flexibility index (Phi) is 3.33. The molecule has 0 aliphatic heterocycles. The average Bonchev–Trinajstić information content (AvgIpc) is 2.56. The molecule has 0 radical (unpaired) electrons. The molecule has 0 bridgehead atoms. The van der Waals surface area contributed by atoms with Crippen molar-refractivity contribution in [2.24, 2.45) is 0 Å². The van der Waals surface area contributed by atoms with Crippen molar-refractivity contribution in [1.29, 1.82) is 0 Å². The van der Waals surface area contributed by atoms with Crippen LogP contribution >= 0.6 is 0 Å². The van der Waals surface area contributed by atoms with Gasteiger partial charge in [-0.15, -0.1) is 10.2 Å². The minimum Gasteiger partial charge on any atom is -0.497 e. The van der Waals surface area contributed by atoms with Crippen molar-refractivity contribution >= 4 is 0 Å². The molecule has 3 rings (SSSR count). The lowest BCUT2D eigenvalue weighted by atomic mass is 10.1. The van der Waals surface area contributed by atoms with Gasteiger partial charge in [0.15, 0.2) is 5.82 Å². The first kappa shape index (κ1) is 12.2. The Balaban J connectivity index is 1.89. The summed E-state index contributed by atoms with van der Waals surface area (Å²) in [6.07, 6.45) is 3.40. The average molecular weight is 264 g/mol. The number of aromatic nitrogens is 4. The number of ether oxygens (including phenoxy) is 1. The van der Waals surface area contributed by atoms with Crippen LogP contribution in [0.25, 0.3) is 22.8 Å². The van der Waals surface area contributed by atoms with Crippen molar-refractivity contribution in [3.05, 3.63) is 54.9 Å². The molecule has 0 saturated heterocycles. The van der Waals surface area contributed by atoms with Crippen LogP contribution < -0.4 is 4.74 Å². The van der Waals surface area contributed by atoms with E-state index in [0.29, 0.717) is 17.2 Å². The van der Waals surface area contributed by atoms with Crippen LogP contribution in [0.5, 0.6) is 5.75 Å². The lowest BCUT2D eigenvalue weighted by molar-refractivity contribution is 0.415. The fourth-order valence-electron chi connectivity index (χ4n) is 1.78. The van der Waals surface area contributed by atoms with E-state index in [4.69, 9.17) is 4.74 Å². The van der Waals surface area contributed by atoms with Gasteiger partial charge in [0.1, 0.15) is 17.1 Å². The molecule has 0 atom stereocenters. The number of benzene rings is 1. The third-order valence-electron chi connectivity index (χ3n) is 2.84. The number of pyridine rings is 1. The van der Waals surface area contributed by atoms with Crippen molar-refractivity contribution in [2.75, 3.05) is 7.11 Å². The summed E-state index contributed by atoms with van der Waals surface area (Å²) in [7, 11) is 1.64. The van der Waals surface area contributed by atoms with E-state index in [-0.39, 0.29) is 0 Å². The van der Waals surface area contributed by atoms with Crippen molar-refractivity contribution in [3.8, 4) is 28.5 Å². The SMILES string of the molecule is COc1ccc(-c2cnc(-c3ccccn3)nn2)cc1. The monoisotopic (exact) mass is 264 g/mol. The highest BCUT2D eigenvalue weighted by Gasteiger charge is 2.05. The first-order valence-corrected chi connectivity index (χ1v) is 6.12. The zero-order valence-electron chi connectivity index (χ0n) is 10.9. The van der Waals surface area contributed by atoms with Crippen molar-refractivity contribution in [3.63, 3.8) is 0 Å². The van der Waals surface area contributed by atoms with Crippen LogP contribution in [0.1, 0.15) is 0 Å². The van der Waals surface area contributed by atoms with Gasteiger partial charge in [-0.05, 0) is 36.4 Å². The van der Waals surface area contributed by atoms with Gasteiger partial charge in [-0.25, -0.2) is 4.98 Å². The zero-order chi connectivity index (χ0) is 13.8. The molecule has 0 aliphatic rings. The molecule has 5 nitrogen and oxygen atoms in total. The molecular formula is C15H12N4O. The van der Waals surface area contributed by atoms with E-state index < -0.39 is 0 Å². The van der Waals surface area contributed by atoms with E-state index in [1.54, 1.807) is 19.5 Å². The Morgan fingerprint density at radius 1 is 0.850 bits per heavy atom. The van der Waals surface area contributed by atoms with Crippen LogP contribution in [0.2, 0.25) is 0 Å². The van der Waals surface area contributed by atoms with Gasteiger partial charge in [-0.2, -0.15) is 0 Å². The third kappa shape index (κ3) is 2.47. The quantitative estimate of drug-likeness (QED) is 0.727. The predicted molar refractivity (Wildman–Crippen MR) is 75.0 cm³/mol. The lowest BCUT2D eigenvalue weighted by Gasteiger charge is -2.03. The molecule has 0 fully saturated rings. The van der Waals surface area contributed by atoms with Crippen molar-refractivity contribution in [1.82, 2.24) is 20.2 Å². The molecule has 0 saturated carbocycles. The van der Waals surface area contributed by atoms with Crippen molar-refractivity contribution < 1.29 is 4.74 Å². The molecule has 20 heavy (non-hydrogen) atoms. The topological polar surface area (TPSA) is 60.8 Å². The maximum Gasteiger partial charge on any atom is 0.200 e. The van der Waals surface area contributed by atoms with E-state index in [2.05, 4.69) is 20.2 Å². The predicted octanol–water partition coefficient (Wildman–Crippen LogP) is 2.61. The molecule has 0 aliphatic carbocycles. The maximum atomic E-state index is 5.12. The van der Waals surface area contributed by atoms with Gasteiger partial charge < -0.3 is 4.74 Å². The molecule has 2 heterocycles. The van der Waals surface area contributed by atoms with Crippen LogP contribution in [0, 0.1) is 0 Å². The number of rotatable bonds is 3. The number of nitrogens with zero attached hydrogens (tertiary/aromatic N) is 4. The van der Waals surface area contributed by atoms with Crippen LogP contribution in [0.15, 0.2) is 54.9 Å². The van der Waals surface area contributed by atoms with Gasteiger partial charge >= 0.3 is 0 Å². The summed E-state index contributed by atoms with van der Waals surface area (Å²) in [5.41, 5.74) is 2.37. The Bertz CT molecular complexity index is 681. The number of hydrogen-bond donors (Lipinski definition) is 0. The van der Waals surface area contributed by atoms with Crippen LogP contribution in [-0.4, -0.2) is 27.3 Å². The fraction of sp³-hybridized carbons (Fsp3) is 0.0667. The van der Waals surface area contributed by atoms with Crippen LogP contribution in [0.3, 0.4) is 0 Å². The Hall–Kier alpha value is -2.82. The summed E-state index contributed by atoms with van der Waals surface area (Å²) >= 11 is 0. The molecule has 98 valence electrons. The molecule has 0 N–H and O–H groups in total. The highest BCUT2D eigenvalue weighted by molar-refractivity contribution is 5.59. The van der Waals surface area contributed by atoms with Gasteiger partial charge in [0.05, 0.1) is 13.3 Å². The molecule has 5 heteroatoms. The second-order valence-corrected chi connectivity index (χ2v) is 4.11. The van der Waals surface area contributed by atoms with Gasteiger partial charge in [-0.1, -0.05) is 6.07 Å². The highest BCUT2D eigenvalue weighted by Crippen LogP contribution is 2.20. The standard InChI is InChI=1S/C15H12N4O/c1-20-12-7-5-11(6-8-12)14-10-17-15(19-18-14)13-4-2-3-9-16-13/h2-10H,1H3. The van der Waals surface area contributed by atoms with E-state index in [1.165, 1.54) is 0 Å². The first-order chi connectivity index (χ1) is 9.86. The van der Waals surface area contributed by atoms with E-state index in [9.17, 15) is 0 Å². The van der Waals surface area contributed by atoms with Crippen LogP contribution in [0.4, 0.5) is 0 Å². The first-order valence-electron chi connectivity index (χ1n) is 6.12. The van der Waals surface area contributed by atoms with Gasteiger partial charge in [0, 0.05) is 11.8 Å². The van der Waals surface area contributed by atoms with Gasteiger partial charge in [0.25, 0.3) is 0 Å². The number of methoxy groups -OCH3 is 1. The fourth-order valence-corrected chi connectivity index (χ4v) is 1.78. The summed E-state index contributed by atoms with van der Waals surface area (Å²) in [5.74, 6) is 1.32.